The van der Waals surface area contributed by atoms with Gasteiger partial charge in [0.2, 0.25) is 5.95 Å². The highest BCUT2D eigenvalue weighted by Gasteiger charge is 2.16. The molecule has 3 rings (SSSR count). The molecule has 35 heavy (non-hydrogen) atoms. The molecule has 1 atom stereocenters. The third-order valence-corrected chi connectivity index (χ3v) is 5.24. The second-order valence-electron chi connectivity index (χ2n) is 7.72. The number of aromatic nitrogens is 2. The molecule has 0 aliphatic heterocycles. The van der Waals surface area contributed by atoms with Crippen molar-refractivity contribution in [1.82, 2.24) is 15.3 Å². The van der Waals surface area contributed by atoms with Crippen LogP contribution in [0.2, 0.25) is 0 Å². The first-order valence-electron chi connectivity index (χ1n) is 10.6. The van der Waals surface area contributed by atoms with E-state index < -0.39 is 42.5 Å². The number of carbonyl (C=O) groups excluding carboxylic acids is 3. The molecule has 4 N–H and O–H groups in total. The van der Waals surface area contributed by atoms with Gasteiger partial charge in [-0.2, -0.15) is 0 Å². The van der Waals surface area contributed by atoms with E-state index in [-0.39, 0.29) is 31.0 Å². The first-order valence-corrected chi connectivity index (χ1v) is 10.6. The van der Waals surface area contributed by atoms with Crippen LogP contribution in [0.15, 0.2) is 47.3 Å². The quantitative estimate of drug-likeness (QED) is 0.303. The van der Waals surface area contributed by atoms with E-state index in [2.05, 4.69) is 15.3 Å². The first kappa shape index (κ1) is 25.1. The molecule has 0 spiro atoms. The number of anilines is 2. The maximum atomic E-state index is 13.3. The third kappa shape index (κ3) is 6.53. The number of nitrogens with two attached hydrogens (primary N) is 1. The minimum Gasteiger partial charge on any atom is -0.550 e. The van der Waals surface area contributed by atoms with Crippen LogP contribution in [0.5, 0.6) is 0 Å². The van der Waals surface area contributed by atoms with Gasteiger partial charge in [-0.1, -0.05) is 6.07 Å². The summed E-state index contributed by atoms with van der Waals surface area (Å²) in [6, 6.07) is 9.52. The number of nitrogen functional groups attached to an aromatic ring is 1. The fraction of sp³-hybridized carbons (Fsp3) is 0.261. The Balaban J connectivity index is 1.75. The van der Waals surface area contributed by atoms with Gasteiger partial charge in [0.05, 0.1) is 22.9 Å². The van der Waals surface area contributed by atoms with Crippen LogP contribution in [-0.2, 0) is 16.1 Å². The van der Waals surface area contributed by atoms with Gasteiger partial charge < -0.3 is 35.8 Å². The van der Waals surface area contributed by atoms with Gasteiger partial charge in [-0.05, 0) is 54.8 Å². The lowest BCUT2D eigenvalue weighted by Gasteiger charge is -2.24. The number of rotatable bonds is 11. The highest BCUT2D eigenvalue weighted by atomic mass is 19.1. The number of carboxylic acid groups (broad SMARTS) is 2. The second-order valence-corrected chi connectivity index (χ2v) is 7.72. The lowest BCUT2D eigenvalue weighted by Crippen LogP contribution is -2.48. The maximum Gasteiger partial charge on any atom is 0.260 e. The van der Waals surface area contributed by atoms with Crippen LogP contribution in [0, 0.1) is 0 Å². The third-order valence-electron chi connectivity index (χ3n) is 5.24. The first-order chi connectivity index (χ1) is 16.7. The van der Waals surface area contributed by atoms with Crippen LogP contribution in [0.3, 0.4) is 0 Å². The molecular weight excluding hydrogens is 461 g/mol. The lowest BCUT2D eigenvalue weighted by molar-refractivity contribution is -0.309. The highest BCUT2D eigenvalue weighted by molar-refractivity contribution is 5.96. The molecule has 1 aromatic heterocycles. The average molecular weight is 483 g/mol. The monoisotopic (exact) mass is 483 g/mol. The molecule has 1 heterocycles. The molecule has 1 amide bonds. The molecule has 2 aromatic carbocycles. The molecule has 11 nitrogen and oxygen atoms in total. The second kappa shape index (κ2) is 11.1. The number of carbonyl (C=O) groups is 3. The Bertz CT molecular complexity index is 1290. The summed E-state index contributed by atoms with van der Waals surface area (Å²) in [5.74, 6) is -3.79. The van der Waals surface area contributed by atoms with Gasteiger partial charge >= 0.3 is 0 Å². The average Bonchev–Trinajstić information content (AvgIpc) is 2.81. The van der Waals surface area contributed by atoms with Crippen LogP contribution < -0.4 is 31.7 Å². The van der Waals surface area contributed by atoms with Crippen LogP contribution in [0.4, 0.5) is 16.0 Å². The van der Waals surface area contributed by atoms with E-state index >= 15 is 0 Å². The number of nitrogens with one attached hydrogen (secondary N) is 2. The van der Waals surface area contributed by atoms with Crippen LogP contribution in [-0.4, -0.2) is 47.1 Å². The number of fused-ring (bicyclic) bond motifs is 1. The van der Waals surface area contributed by atoms with E-state index in [9.17, 15) is 33.8 Å². The number of H-pyrrole nitrogens is 1. The number of aromatic amines is 1. The smallest absolute Gasteiger partial charge is 0.260 e. The number of hydrogen-bond donors (Lipinski definition) is 3. The predicted molar refractivity (Wildman–Crippen MR) is 121 cm³/mol. The Morgan fingerprint density at radius 1 is 1.14 bits per heavy atom. The zero-order valence-electron chi connectivity index (χ0n) is 18.5. The van der Waals surface area contributed by atoms with E-state index in [1.54, 1.807) is 35.2 Å². The van der Waals surface area contributed by atoms with E-state index in [0.717, 1.165) is 5.56 Å². The van der Waals surface area contributed by atoms with Gasteiger partial charge in [0, 0.05) is 30.3 Å². The van der Waals surface area contributed by atoms with Crippen molar-refractivity contribution in [2.45, 2.75) is 25.4 Å². The fourth-order valence-electron chi connectivity index (χ4n) is 3.50. The Hall–Kier alpha value is -4.48. The summed E-state index contributed by atoms with van der Waals surface area (Å²) in [6.07, 6.45) is -0.935. The Labute approximate surface area is 198 Å². The summed E-state index contributed by atoms with van der Waals surface area (Å²) < 4.78 is 13.3. The van der Waals surface area contributed by atoms with Crippen molar-refractivity contribution in [1.29, 1.82) is 0 Å². The molecule has 3 aromatic rings. The molecule has 0 aliphatic carbocycles. The molecule has 0 bridgehead atoms. The zero-order valence-corrected chi connectivity index (χ0v) is 18.5. The topological polar surface area (TPSA) is 184 Å². The number of carboxylic acids is 2. The van der Waals surface area contributed by atoms with Gasteiger partial charge in [0.15, 0.2) is 0 Å². The molecule has 0 fully saturated rings. The van der Waals surface area contributed by atoms with E-state index in [1.807, 2.05) is 0 Å². The van der Waals surface area contributed by atoms with Gasteiger partial charge in [-0.3, -0.25) is 14.6 Å². The number of hydrogen-bond acceptors (Lipinski definition) is 9. The van der Waals surface area contributed by atoms with Gasteiger partial charge in [-0.25, -0.2) is 9.37 Å². The number of amides is 1. The van der Waals surface area contributed by atoms with E-state index in [4.69, 9.17) is 5.73 Å². The minimum absolute atomic E-state index is 0.00302. The van der Waals surface area contributed by atoms with E-state index in [0.29, 0.717) is 16.6 Å². The molecule has 184 valence electrons. The Morgan fingerprint density at radius 3 is 2.49 bits per heavy atom. The van der Waals surface area contributed by atoms with Gasteiger partial charge in [0.1, 0.15) is 6.67 Å². The molecule has 12 heteroatoms. The highest BCUT2D eigenvalue weighted by Crippen LogP contribution is 2.20. The summed E-state index contributed by atoms with van der Waals surface area (Å²) >= 11 is 0. The number of nitrogens with zero attached hydrogens (tertiary/aromatic N) is 2. The van der Waals surface area contributed by atoms with Crippen LogP contribution in [0.25, 0.3) is 10.9 Å². The number of benzene rings is 2. The Kier molecular flexibility index (Phi) is 7.97. The molecular formula is C23H22FN5O6-2. The van der Waals surface area contributed by atoms with Crippen molar-refractivity contribution in [3.63, 3.8) is 0 Å². The van der Waals surface area contributed by atoms with Crippen LogP contribution in [0.1, 0.15) is 28.8 Å². The zero-order chi connectivity index (χ0) is 25.5. The van der Waals surface area contributed by atoms with Gasteiger partial charge in [0.25, 0.3) is 11.5 Å². The van der Waals surface area contributed by atoms with Crippen molar-refractivity contribution < 1.29 is 29.0 Å². The predicted octanol–water partition coefficient (Wildman–Crippen LogP) is -1.14. The molecule has 0 aliphatic rings. The van der Waals surface area contributed by atoms with E-state index in [1.165, 1.54) is 12.1 Å². The van der Waals surface area contributed by atoms with Crippen molar-refractivity contribution in [2.24, 2.45) is 0 Å². The molecule has 0 saturated heterocycles. The van der Waals surface area contributed by atoms with Crippen molar-refractivity contribution in [3.8, 4) is 0 Å². The summed E-state index contributed by atoms with van der Waals surface area (Å²) in [5.41, 5.74) is 7.01. The summed E-state index contributed by atoms with van der Waals surface area (Å²) in [4.78, 5) is 54.5. The molecule has 0 unspecified atom stereocenters. The fourth-order valence-corrected chi connectivity index (χ4v) is 3.50. The number of alkyl halides is 1. The maximum absolute atomic E-state index is 13.3. The van der Waals surface area contributed by atoms with Crippen molar-refractivity contribution in [2.75, 3.05) is 23.9 Å². The lowest BCUT2D eigenvalue weighted by atomic mass is 10.1. The summed E-state index contributed by atoms with van der Waals surface area (Å²) in [5, 5.41) is 24.3. The minimum atomic E-state index is -1.61. The largest absolute Gasteiger partial charge is 0.550 e. The standard InChI is InChI=1S/C23H24FN5O6/c24-9-10-29(12-13-1-6-17-16(11-13)21(33)28-23(25)27-17)15-4-2-14(3-5-15)20(32)26-18(22(34)35)7-8-19(30)31/h1-6,11,18H,7-10,12H2,(H,26,32)(H,30,31)(H,34,35)(H3,25,27,28,33)/p-2/t18-/m0/s1. The summed E-state index contributed by atoms with van der Waals surface area (Å²) in [7, 11) is 0. The molecule has 0 saturated carbocycles. The SMILES string of the molecule is Nc1nc2ccc(CN(CCF)c3ccc(C(=O)N[C@@H](CCC(=O)[O-])C(=O)[O-])cc3)cc2c(=O)[nH]1. The Morgan fingerprint density at radius 2 is 1.86 bits per heavy atom. The normalized spacial score (nSPS) is 11.7. The summed E-state index contributed by atoms with van der Waals surface area (Å²) in [6.45, 7) is -0.360. The number of aliphatic carboxylic acids is 2. The number of halogens is 1. The molecule has 0 radical (unpaired) electrons. The van der Waals surface area contributed by atoms with Crippen molar-refractivity contribution in [3.05, 3.63) is 63.9 Å². The van der Waals surface area contributed by atoms with Crippen LogP contribution >= 0.6 is 0 Å². The van der Waals surface area contributed by atoms with Crippen molar-refractivity contribution >= 4 is 40.4 Å². The van der Waals surface area contributed by atoms with Gasteiger partial charge in [-0.15, -0.1) is 0 Å².